The fourth-order valence-corrected chi connectivity index (χ4v) is 1.85. The summed E-state index contributed by atoms with van der Waals surface area (Å²) in [6.45, 7) is 0. The van der Waals surface area contributed by atoms with E-state index in [1.807, 2.05) is 0 Å². The molecule has 22 heavy (non-hydrogen) atoms. The van der Waals surface area contributed by atoms with E-state index in [0.29, 0.717) is 0 Å². The maximum Gasteiger partial charge on any atom is 0.573 e. The van der Waals surface area contributed by atoms with E-state index in [1.165, 1.54) is 18.2 Å². The Kier molecular flexibility index (Phi) is 4.30. The zero-order valence-electron chi connectivity index (χ0n) is 10.9. The lowest BCUT2D eigenvalue weighted by atomic mass is 10.1. The van der Waals surface area contributed by atoms with Crippen LogP contribution in [0.3, 0.4) is 0 Å². The van der Waals surface area contributed by atoms with Crippen LogP contribution in [0, 0.1) is 5.82 Å². The predicted molar refractivity (Wildman–Crippen MR) is 67.7 cm³/mol. The highest BCUT2D eigenvalue weighted by atomic mass is 19.4. The van der Waals surface area contributed by atoms with Crippen molar-refractivity contribution in [2.45, 2.75) is 12.8 Å². The number of hydrogen-bond acceptors (Lipinski definition) is 3. The highest BCUT2D eigenvalue weighted by Crippen LogP contribution is 2.34. The molecule has 0 amide bonds. The molecule has 1 aromatic heterocycles. The summed E-state index contributed by atoms with van der Waals surface area (Å²) in [6.07, 6.45) is -4.42. The molecule has 4 nitrogen and oxygen atoms in total. The van der Waals surface area contributed by atoms with E-state index in [-0.39, 0.29) is 11.1 Å². The fourth-order valence-electron chi connectivity index (χ4n) is 1.85. The zero-order valence-corrected chi connectivity index (χ0v) is 10.9. The number of benzene rings is 1. The molecular formula is C14H9F4NO3. The molecule has 8 heteroatoms. The van der Waals surface area contributed by atoms with Crippen LogP contribution in [0.2, 0.25) is 0 Å². The number of rotatable bonds is 4. The summed E-state index contributed by atoms with van der Waals surface area (Å²) in [6, 6.07) is 6.07. The van der Waals surface area contributed by atoms with E-state index in [9.17, 15) is 22.4 Å². The molecule has 0 spiro atoms. The van der Waals surface area contributed by atoms with Crippen molar-refractivity contribution in [1.29, 1.82) is 0 Å². The molecular weight excluding hydrogens is 306 g/mol. The van der Waals surface area contributed by atoms with Crippen LogP contribution in [-0.4, -0.2) is 22.4 Å². The van der Waals surface area contributed by atoms with Crippen molar-refractivity contribution in [2.75, 3.05) is 0 Å². The quantitative estimate of drug-likeness (QED) is 0.878. The summed E-state index contributed by atoms with van der Waals surface area (Å²) in [7, 11) is 0. The first-order valence-corrected chi connectivity index (χ1v) is 5.98. The van der Waals surface area contributed by atoms with Crippen LogP contribution in [0.25, 0.3) is 11.3 Å². The first-order valence-electron chi connectivity index (χ1n) is 5.98. The Labute approximate surface area is 122 Å². The number of aliphatic carboxylic acids is 1. The van der Waals surface area contributed by atoms with Gasteiger partial charge in [-0.2, -0.15) is 0 Å². The number of para-hydroxylation sites is 1. The van der Waals surface area contributed by atoms with Crippen molar-refractivity contribution < 1.29 is 32.2 Å². The number of halogens is 4. The van der Waals surface area contributed by atoms with E-state index in [4.69, 9.17) is 5.11 Å². The van der Waals surface area contributed by atoms with Gasteiger partial charge < -0.3 is 9.84 Å². The molecule has 0 saturated heterocycles. The van der Waals surface area contributed by atoms with E-state index < -0.39 is 36.0 Å². The molecule has 2 aromatic rings. The highest BCUT2D eigenvalue weighted by molar-refractivity contribution is 5.73. The van der Waals surface area contributed by atoms with Gasteiger partial charge in [-0.3, -0.25) is 9.78 Å². The maximum atomic E-state index is 14.3. The van der Waals surface area contributed by atoms with Crippen molar-refractivity contribution in [2.24, 2.45) is 0 Å². The molecule has 0 aliphatic heterocycles. The smallest absolute Gasteiger partial charge is 0.481 e. The van der Waals surface area contributed by atoms with Gasteiger partial charge in [-0.1, -0.05) is 12.1 Å². The Morgan fingerprint density at radius 3 is 2.55 bits per heavy atom. The van der Waals surface area contributed by atoms with Gasteiger partial charge in [0, 0.05) is 17.3 Å². The van der Waals surface area contributed by atoms with E-state index in [1.54, 1.807) is 0 Å². The van der Waals surface area contributed by atoms with Crippen molar-refractivity contribution in [3.05, 3.63) is 47.9 Å². The Morgan fingerprint density at radius 1 is 1.23 bits per heavy atom. The number of carbonyl (C=O) groups is 1. The van der Waals surface area contributed by atoms with Gasteiger partial charge >= 0.3 is 12.3 Å². The number of aromatic nitrogens is 1. The van der Waals surface area contributed by atoms with Crippen molar-refractivity contribution in [3.63, 3.8) is 0 Å². The lowest BCUT2D eigenvalue weighted by Crippen LogP contribution is -2.17. The lowest BCUT2D eigenvalue weighted by molar-refractivity contribution is -0.274. The topological polar surface area (TPSA) is 59.4 Å². The van der Waals surface area contributed by atoms with Gasteiger partial charge in [-0.25, -0.2) is 4.39 Å². The maximum absolute atomic E-state index is 14.3. The third-order valence-electron chi connectivity index (χ3n) is 2.68. The van der Waals surface area contributed by atoms with Gasteiger partial charge in [0.1, 0.15) is 11.4 Å². The Balaban J connectivity index is 2.51. The molecule has 0 unspecified atom stereocenters. The van der Waals surface area contributed by atoms with Crippen molar-refractivity contribution >= 4 is 5.97 Å². The van der Waals surface area contributed by atoms with Gasteiger partial charge in [-0.15, -0.1) is 13.2 Å². The summed E-state index contributed by atoms with van der Waals surface area (Å²) < 4.78 is 55.2. The number of hydrogen-bond donors (Lipinski definition) is 1. The third kappa shape index (κ3) is 3.72. The summed E-state index contributed by atoms with van der Waals surface area (Å²) in [5, 5.41) is 8.70. The molecule has 0 fully saturated rings. The lowest BCUT2D eigenvalue weighted by Gasteiger charge is -2.13. The van der Waals surface area contributed by atoms with Gasteiger partial charge in [0.15, 0.2) is 5.82 Å². The molecule has 1 heterocycles. The van der Waals surface area contributed by atoms with Gasteiger partial charge in [0.05, 0.1) is 6.42 Å². The standard InChI is InChI=1S/C14H9F4NO3/c15-12-8(7-11(20)21)5-6-19-13(12)9-3-1-2-4-10(9)22-14(16,17)18/h1-6H,7H2,(H,20,21). The van der Waals surface area contributed by atoms with E-state index >= 15 is 0 Å². The molecule has 1 aromatic carbocycles. The summed E-state index contributed by atoms with van der Waals surface area (Å²) >= 11 is 0. The number of carboxylic acid groups (broad SMARTS) is 1. The van der Waals surface area contributed by atoms with Crippen LogP contribution in [0.4, 0.5) is 17.6 Å². The second kappa shape index (κ2) is 6.00. The Morgan fingerprint density at radius 2 is 1.91 bits per heavy atom. The summed E-state index contributed by atoms with van der Waals surface area (Å²) in [4.78, 5) is 14.4. The molecule has 0 bridgehead atoms. The largest absolute Gasteiger partial charge is 0.573 e. The molecule has 0 atom stereocenters. The van der Waals surface area contributed by atoms with Crippen molar-refractivity contribution in [1.82, 2.24) is 4.98 Å². The molecule has 1 N–H and O–H groups in total. The van der Waals surface area contributed by atoms with Gasteiger partial charge in [0.25, 0.3) is 0 Å². The molecule has 116 valence electrons. The molecule has 0 saturated carbocycles. The van der Waals surface area contributed by atoms with Crippen LogP contribution < -0.4 is 4.74 Å². The highest BCUT2D eigenvalue weighted by Gasteiger charge is 2.32. The van der Waals surface area contributed by atoms with Crippen LogP contribution in [0.1, 0.15) is 5.56 Å². The molecule has 0 aliphatic carbocycles. The third-order valence-corrected chi connectivity index (χ3v) is 2.68. The minimum absolute atomic E-state index is 0.181. The first-order chi connectivity index (χ1) is 10.3. The first kappa shape index (κ1) is 15.7. The van der Waals surface area contributed by atoms with Gasteiger partial charge in [0.2, 0.25) is 0 Å². The van der Waals surface area contributed by atoms with Crippen LogP contribution in [-0.2, 0) is 11.2 Å². The number of carboxylic acids is 1. The monoisotopic (exact) mass is 315 g/mol. The predicted octanol–water partition coefficient (Wildman–Crippen LogP) is 3.41. The zero-order chi connectivity index (χ0) is 16.3. The number of alkyl halides is 3. The van der Waals surface area contributed by atoms with Crippen LogP contribution in [0.15, 0.2) is 36.5 Å². The normalized spacial score (nSPS) is 11.3. The Bertz CT molecular complexity index is 701. The SMILES string of the molecule is O=C(O)Cc1ccnc(-c2ccccc2OC(F)(F)F)c1F. The second-order valence-electron chi connectivity index (χ2n) is 4.25. The summed E-state index contributed by atoms with van der Waals surface area (Å²) in [5.41, 5.74) is -0.803. The van der Waals surface area contributed by atoms with E-state index in [0.717, 1.165) is 18.3 Å². The average molecular weight is 315 g/mol. The minimum atomic E-state index is -4.94. The number of ether oxygens (including phenoxy) is 1. The second-order valence-corrected chi connectivity index (χ2v) is 4.25. The Hall–Kier alpha value is -2.64. The van der Waals surface area contributed by atoms with Crippen molar-refractivity contribution in [3.8, 4) is 17.0 Å². The minimum Gasteiger partial charge on any atom is -0.481 e. The average Bonchev–Trinajstić information content (AvgIpc) is 2.40. The van der Waals surface area contributed by atoms with Crippen LogP contribution >= 0.6 is 0 Å². The molecule has 0 aliphatic rings. The van der Waals surface area contributed by atoms with E-state index in [2.05, 4.69) is 9.72 Å². The summed E-state index contributed by atoms with van der Waals surface area (Å²) in [5.74, 6) is -2.88. The van der Waals surface area contributed by atoms with Gasteiger partial charge in [-0.05, 0) is 18.2 Å². The molecule has 2 rings (SSSR count). The molecule has 0 radical (unpaired) electrons. The number of pyridine rings is 1. The number of nitrogens with zero attached hydrogens (tertiary/aromatic N) is 1. The van der Waals surface area contributed by atoms with Crippen LogP contribution in [0.5, 0.6) is 5.75 Å². The fraction of sp³-hybridized carbons (Fsp3) is 0.143.